The number of hydrogen-bond acceptors (Lipinski definition) is 2. The number of aryl methyl sites for hydroxylation is 1. The van der Waals surface area contributed by atoms with Gasteiger partial charge >= 0.3 is 0 Å². The Kier molecular flexibility index (Phi) is 7.05. The van der Waals surface area contributed by atoms with E-state index in [4.69, 9.17) is 0 Å². The molecule has 4 aromatic rings. The first kappa shape index (κ1) is 25.5. The van der Waals surface area contributed by atoms with Crippen molar-refractivity contribution in [3.63, 3.8) is 0 Å². The third-order valence-electron chi connectivity index (χ3n) is 8.75. The molecule has 0 saturated carbocycles. The molecule has 0 bridgehead atoms. The van der Waals surface area contributed by atoms with Crippen LogP contribution in [0.1, 0.15) is 50.5 Å². The molecule has 2 aliphatic rings. The van der Waals surface area contributed by atoms with Gasteiger partial charge in [-0.1, -0.05) is 84.9 Å². The van der Waals surface area contributed by atoms with E-state index in [0.29, 0.717) is 12.1 Å². The molecule has 0 aromatic heterocycles. The summed E-state index contributed by atoms with van der Waals surface area (Å²) in [6, 6.07) is 30.4. The number of amides is 1. The Morgan fingerprint density at radius 1 is 0.821 bits per heavy atom. The zero-order valence-electron chi connectivity index (χ0n) is 22.7. The summed E-state index contributed by atoms with van der Waals surface area (Å²) in [7, 11) is 0. The van der Waals surface area contributed by atoms with Crippen LogP contribution in [-0.4, -0.2) is 34.8 Å². The topological polar surface area (TPSA) is 23.6 Å². The van der Waals surface area contributed by atoms with Gasteiger partial charge in [0.2, 0.25) is 5.91 Å². The van der Waals surface area contributed by atoms with Crippen LogP contribution in [0.5, 0.6) is 0 Å². The normalized spacial score (nSPS) is 17.1. The summed E-state index contributed by atoms with van der Waals surface area (Å²) in [5.41, 5.74) is 9.54. The summed E-state index contributed by atoms with van der Waals surface area (Å²) in [6.45, 7) is 5.72. The van der Waals surface area contributed by atoms with E-state index >= 15 is 0 Å². The molecule has 0 radical (unpaired) electrons. The number of fused-ring (bicyclic) bond motifs is 2. The zero-order valence-corrected chi connectivity index (χ0v) is 22.7. The van der Waals surface area contributed by atoms with E-state index in [1.165, 1.54) is 45.0 Å². The van der Waals surface area contributed by atoms with Crippen LogP contribution >= 0.6 is 0 Å². The van der Waals surface area contributed by atoms with Crippen molar-refractivity contribution >= 4 is 5.91 Å². The SMILES string of the molecule is Cc1cccc([C@@H]2c3ccccc3CCN2CC(=O)N(Cc2ccccc2F)C2Cc3ccccc3C2)c1C. The Bertz CT molecular complexity index is 1490. The molecule has 4 heteroatoms. The third kappa shape index (κ3) is 5.02. The lowest BCUT2D eigenvalue weighted by Crippen LogP contribution is -2.48. The number of hydrogen-bond donors (Lipinski definition) is 0. The molecular weight excluding hydrogens is 483 g/mol. The van der Waals surface area contributed by atoms with Crippen molar-refractivity contribution in [2.24, 2.45) is 0 Å². The molecule has 4 aromatic carbocycles. The molecule has 0 N–H and O–H groups in total. The van der Waals surface area contributed by atoms with Gasteiger partial charge in [-0.05, 0) is 78.1 Å². The van der Waals surface area contributed by atoms with Crippen molar-refractivity contribution in [2.45, 2.75) is 51.7 Å². The highest BCUT2D eigenvalue weighted by atomic mass is 19.1. The minimum Gasteiger partial charge on any atom is -0.333 e. The number of halogens is 1. The molecule has 3 nitrogen and oxygen atoms in total. The fraction of sp³-hybridized carbons (Fsp3) is 0.286. The highest BCUT2D eigenvalue weighted by molar-refractivity contribution is 5.79. The van der Waals surface area contributed by atoms with E-state index in [2.05, 4.69) is 85.5 Å². The van der Waals surface area contributed by atoms with Gasteiger partial charge in [-0.15, -0.1) is 0 Å². The fourth-order valence-corrected chi connectivity index (χ4v) is 6.47. The Morgan fingerprint density at radius 2 is 1.46 bits per heavy atom. The molecule has 0 spiro atoms. The number of carbonyl (C=O) groups is 1. The molecule has 1 aliphatic carbocycles. The molecule has 1 amide bonds. The van der Waals surface area contributed by atoms with E-state index in [1.807, 2.05) is 11.0 Å². The lowest BCUT2D eigenvalue weighted by atomic mass is 9.85. The molecule has 0 unspecified atom stereocenters. The first-order chi connectivity index (χ1) is 19.0. The van der Waals surface area contributed by atoms with Gasteiger partial charge in [0.05, 0.1) is 12.6 Å². The Balaban J connectivity index is 1.34. The summed E-state index contributed by atoms with van der Waals surface area (Å²) >= 11 is 0. The summed E-state index contributed by atoms with van der Waals surface area (Å²) in [6.07, 6.45) is 2.52. The van der Waals surface area contributed by atoms with E-state index in [-0.39, 0.29) is 30.4 Å². The second-order valence-corrected chi connectivity index (χ2v) is 11.1. The average molecular weight is 519 g/mol. The predicted octanol–water partition coefficient (Wildman–Crippen LogP) is 6.59. The second-order valence-electron chi connectivity index (χ2n) is 11.1. The Hall–Kier alpha value is -3.76. The highest BCUT2D eigenvalue weighted by Gasteiger charge is 2.35. The van der Waals surface area contributed by atoms with Crippen LogP contribution in [0.15, 0.2) is 91.0 Å². The number of carbonyl (C=O) groups excluding carboxylic acids is 1. The molecular formula is C35H35FN2O. The number of rotatable bonds is 6. The summed E-state index contributed by atoms with van der Waals surface area (Å²) in [5, 5.41) is 0. The van der Waals surface area contributed by atoms with E-state index < -0.39 is 0 Å². The van der Waals surface area contributed by atoms with Gasteiger partial charge in [-0.3, -0.25) is 9.69 Å². The van der Waals surface area contributed by atoms with E-state index in [1.54, 1.807) is 12.1 Å². The Morgan fingerprint density at radius 3 is 2.21 bits per heavy atom. The second kappa shape index (κ2) is 10.8. The summed E-state index contributed by atoms with van der Waals surface area (Å²) in [5.74, 6) is -0.197. The fourth-order valence-electron chi connectivity index (χ4n) is 6.47. The van der Waals surface area contributed by atoms with Crippen molar-refractivity contribution in [2.75, 3.05) is 13.1 Å². The van der Waals surface area contributed by atoms with Gasteiger partial charge in [0.25, 0.3) is 0 Å². The molecule has 198 valence electrons. The third-order valence-corrected chi connectivity index (χ3v) is 8.75. The molecule has 1 heterocycles. The van der Waals surface area contributed by atoms with E-state index in [9.17, 15) is 9.18 Å². The van der Waals surface area contributed by atoms with Crippen LogP contribution in [0.25, 0.3) is 0 Å². The maximum Gasteiger partial charge on any atom is 0.237 e. The summed E-state index contributed by atoms with van der Waals surface area (Å²) in [4.78, 5) is 18.5. The minimum atomic E-state index is -0.258. The maximum absolute atomic E-state index is 14.8. The maximum atomic E-state index is 14.8. The standard InChI is InChI=1S/C35H35FN2O/c1-24-10-9-16-31(25(24)2)35-32-15-7-5-11-26(32)18-19-37(35)23-34(39)38(22-29-14-6-8-17-33(29)36)30-20-27-12-3-4-13-28(27)21-30/h3-17,30,35H,18-23H2,1-2H3/t35-/m1/s1. The molecule has 0 saturated heterocycles. The van der Waals surface area contributed by atoms with Gasteiger partial charge in [-0.25, -0.2) is 4.39 Å². The van der Waals surface area contributed by atoms with Crippen molar-refractivity contribution in [3.8, 4) is 0 Å². The van der Waals surface area contributed by atoms with Crippen molar-refractivity contribution in [3.05, 3.63) is 141 Å². The molecule has 39 heavy (non-hydrogen) atoms. The largest absolute Gasteiger partial charge is 0.333 e. The lowest BCUT2D eigenvalue weighted by Gasteiger charge is -2.40. The zero-order chi connectivity index (χ0) is 26.9. The van der Waals surface area contributed by atoms with Gasteiger partial charge in [0.15, 0.2) is 0 Å². The van der Waals surface area contributed by atoms with Gasteiger partial charge in [-0.2, -0.15) is 0 Å². The highest BCUT2D eigenvalue weighted by Crippen LogP contribution is 2.37. The summed E-state index contributed by atoms with van der Waals surface area (Å²) < 4.78 is 14.8. The first-order valence-electron chi connectivity index (χ1n) is 14.0. The van der Waals surface area contributed by atoms with Gasteiger partial charge in [0.1, 0.15) is 5.82 Å². The first-order valence-corrected chi connectivity index (χ1v) is 14.0. The monoisotopic (exact) mass is 518 g/mol. The quantitative estimate of drug-likeness (QED) is 0.288. The van der Waals surface area contributed by atoms with Crippen molar-refractivity contribution in [1.29, 1.82) is 0 Å². The molecule has 1 atom stereocenters. The molecule has 6 rings (SSSR count). The van der Waals surface area contributed by atoms with Crippen LogP contribution in [0.3, 0.4) is 0 Å². The van der Waals surface area contributed by atoms with E-state index in [0.717, 1.165) is 25.8 Å². The molecule has 1 aliphatic heterocycles. The van der Waals surface area contributed by atoms with Crippen LogP contribution in [0, 0.1) is 19.7 Å². The predicted molar refractivity (Wildman–Crippen MR) is 154 cm³/mol. The number of benzene rings is 4. The van der Waals surface area contributed by atoms with Crippen LogP contribution in [0.2, 0.25) is 0 Å². The smallest absolute Gasteiger partial charge is 0.237 e. The van der Waals surface area contributed by atoms with Crippen LogP contribution < -0.4 is 0 Å². The van der Waals surface area contributed by atoms with Crippen LogP contribution in [-0.2, 0) is 30.6 Å². The van der Waals surface area contributed by atoms with Gasteiger partial charge < -0.3 is 4.90 Å². The minimum absolute atomic E-state index is 0.00915. The average Bonchev–Trinajstić information content (AvgIpc) is 3.38. The lowest BCUT2D eigenvalue weighted by molar-refractivity contribution is -0.136. The number of nitrogens with zero attached hydrogens (tertiary/aromatic N) is 2. The Labute approximate surface area is 230 Å². The van der Waals surface area contributed by atoms with Crippen molar-refractivity contribution < 1.29 is 9.18 Å². The van der Waals surface area contributed by atoms with Crippen LogP contribution in [0.4, 0.5) is 4.39 Å². The molecule has 0 fully saturated rings. The van der Waals surface area contributed by atoms with Gasteiger partial charge in [0, 0.05) is 24.7 Å². The van der Waals surface area contributed by atoms with Crippen molar-refractivity contribution in [1.82, 2.24) is 9.80 Å².